The molecule has 1 atom stereocenters. The number of anilines is 1. The lowest BCUT2D eigenvalue weighted by molar-refractivity contribution is 0.201. The van der Waals surface area contributed by atoms with Gasteiger partial charge in [0.25, 0.3) is 0 Å². The summed E-state index contributed by atoms with van der Waals surface area (Å²) in [6, 6.07) is 11.8. The van der Waals surface area contributed by atoms with Crippen LogP contribution in [0.5, 0.6) is 5.88 Å². The minimum Gasteiger partial charge on any atom is -0.475 e. The average molecular weight is 271 g/mol. The molecular weight excluding hydrogens is 250 g/mol. The molecule has 0 bridgehead atoms. The van der Waals surface area contributed by atoms with Gasteiger partial charge in [0.05, 0.1) is 6.10 Å². The molecule has 0 radical (unpaired) electrons. The molecule has 0 amide bonds. The zero-order valence-electron chi connectivity index (χ0n) is 12.3. The monoisotopic (exact) mass is 271 g/mol. The Morgan fingerprint density at radius 1 is 1.20 bits per heavy atom. The van der Waals surface area contributed by atoms with Gasteiger partial charge in [0.1, 0.15) is 5.82 Å². The highest BCUT2D eigenvalue weighted by Gasteiger charge is 2.09. The van der Waals surface area contributed by atoms with E-state index in [1.807, 2.05) is 43.4 Å². The van der Waals surface area contributed by atoms with Crippen LogP contribution in [0.15, 0.2) is 36.4 Å². The van der Waals surface area contributed by atoms with Crippen molar-refractivity contribution in [3.63, 3.8) is 0 Å². The number of nitrogens with one attached hydrogen (secondary N) is 1. The maximum absolute atomic E-state index is 5.87. The first-order valence-corrected chi connectivity index (χ1v) is 7.01. The first kappa shape index (κ1) is 14.3. The van der Waals surface area contributed by atoms with E-state index < -0.39 is 0 Å². The number of nitrogens with zero attached hydrogens (tertiary/aromatic N) is 2. The summed E-state index contributed by atoms with van der Waals surface area (Å²) in [5.74, 6) is 2.05. The molecule has 4 heteroatoms. The van der Waals surface area contributed by atoms with Gasteiger partial charge in [-0.25, -0.2) is 4.98 Å². The Hall–Kier alpha value is -2.10. The third-order valence-corrected chi connectivity index (χ3v) is 3.01. The lowest BCUT2D eigenvalue weighted by Gasteiger charge is -2.14. The standard InChI is InChI=1S/C16H21N3O/c1-4-8-12(2)20-15-11-14(17-3)18-16(19-15)13-9-6-5-7-10-13/h5-7,9-12H,4,8H2,1-3H3,(H,17,18,19). The molecule has 0 spiro atoms. The summed E-state index contributed by atoms with van der Waals surface area (Å²) < 4.78 is 5.87. The van der Waals surface area contributed by atoms with Gasteiger partial charge >= 0.3 is 0 Å². The van der Waals surface area contributed by atoms with Crippen molar-refractivity contribution in [3.8, 4) is 17.3 Å². The molecule has 0 aliphatic rings. The topological polar surface area (TPSA) is 47.0 Å². The second kappa shape index (κ2) is 6.89. The van der Waals surface area contributed by atoms with Gasteiger partial charge in [0.2, 0.25) is 5.88 Å². The number of hydrogen-bond donors (Lipinski definition) is 1. The van der Waals surface area contributed by atoms with Crippen LogP contribution in [0.4, 0.5) is 5.82 Å². The van der Waals surface area contributed by atoms with Crippen LogP contribution in [0.3, 0.4) is 0 Å². The van der Waals surface area contributed by atoms with E-state index in [1.54, 1.807) is 0 Å². The third kappa shape index (κ3) is 3.70. The van der Waals surface area contributed by atoms with Crippen LogP contribution in [0.1, 0.15) is 26.7 Å². The zero-order chi connectivity index (χ0) is 14.4. The lowest BCUT2D eigenvalue weighted by Crippen LogP contribution is -2.12. The molecule has 2 aromatic rings. The average Bonchev–Trinajstić information content (AvgIpc) is 2.48. The molecule has 20 heavy (non-hydrogen) atoms. The Balaban J connectivity index is 2.29. The highest BCUT2D eigenvalue weighted by Crippen LogP contribution is 2.22. The quantitative estimate of drug-likeness (QED) is 0.869. The van der Waals surface area contributed by atoms with Crippen molar-refractivity contribution in [1.82, 2.24) is 9.97 Å². The normalized spacial score (nSPS) is 11.9. The van der Waals surface area contributed by atoms with Crippen LogP contribution in [-0.2, 0) is 0 Å². The van der Waals surface area contributed by atoms with Gasteiger partial charge < -0.3 is 10.1 Å². The van der Waals surface area contributed by atoms with Crippen molar-refractivity contribution >= 4 is 5.82 Å². The Bertz CT molecular complexity index is 543. The molecular formula is C16H21N3O. The van der Waals surface area contributed by atoms with Crippen molar-refractivity contribution in [2.24, 2.45) is 0 Å². The molecule has 0 aliphatic heterocycles. The highest BCUT2D eigenvalue weighted by atomic mass is 16.5. The Morgan fingerprint density at radius 2 is 1.95 bits per heavy atom. The highest BCUT2D eigenvalue weighted by molar-refractivity contribution is 5.58. The van der Waals surface area contributed by atoms with Crippen molar-refractivity contribution in [2.45, 2.75) is 32.8 Å². The number of rotatable bonds is 6. The number of benzene rings is 1. The fraction of sp³-hybridized carbons (Fsp3) is 0.375. The lowest BCUT2D eigenvalue weighted by atomic mass is 10.2. The first-order chi connectivity index (χ1) is 9.72. The Labute approximate surface area is 120 Å². The summed E-state index contributed by atoms with van der Waals surface area (Å²) in [4.78, 5) is 8.97. The molecule has 1 unspecified atom stereocenters. The van der Waals surface area contributed by atoms with E-state index in [9.17, 15) is 0 Å². The van der Waals surface area contributed by atoms with Crippen LogP contribution in [0.2, 0.25) is 0 Å². The fourth-order valence-corrected chi connectivity index (χ4v) is 2.00. The van der Waals surface area contributed by atoms with Crippen LogP contribution >= 0.6 is 0 Å². The second-order valence-electron chi connectivity index (χ2n) is 4.75. The molecule has 2 rings (SSSR count). The second-order valence-corrected chi connectivity index (χ2v) is 4.75. The first-order valence-electron chi connectivity index (χ1n) is 7.01. The van der Waals surface area contributed by atoms with Gasteiger partial charge in [0, 0.05) is 18.7 Å². The molecule has 0 fully saturated rings. The largest absolute Gasteiger partial charge is 0.475 e. The van der Waals surface area contributed by atoms with Crippen LogP contribution in [0, 0.1) is 0 Å². The van der Waals surface area contributed by atoms with E-state index in [4.69, 9.17) is 4.74 Å². The molecule has 0 saturated heterocycles. The van der Waals surface area contributed by atoms with E-state index in [-0.39, 0.29) is 6.10 Å². The van der Waals surface area contributed by atoms with Gasteiger partial charge in [-0.05, 0) is 13.3 Å². The fourth-order valence-electron chi connectivity index (χ4n) is 2.00. The summed E-state index contributed by atoms with van der Waals surface area (Å²) in [7, 11) is 1.84. The maximum atomic E-state index is 5.87. The van der Waals surface area contributed by atoms with E-state index in [0.29, 0.717) is 11.7 Å². The van der Waals surface area contributed by atoms with E-state index >= 15 is 0 Å². The molecule has 1 aromatic carbocycles. The zero-order valence-corrected chi connectivity index (χ0v) is 12.3. The van der Waals surface area contributed by atoms with E-state index in [0.717, 1.165) is 24.2 Å². The summed E-state index contributed by atoms with van der Waals surface area (Å²) in [6.07, 6.45) is 2.26. The number of hydrogen-bond acceptors (Lipinski definition) is 4. The van der Waals surface area contributed by atoms with Crippen LogP contribution in [0.25, 0.3) is 11.4 Å². The van der Waals surface area contributed by atoms with Crippen molar-refractivity contribution in [3.05, 3.63) is 36.4 Å². The smallest absolute Gasteiger partial charge is 0.219 e. The molecule has 1 N–H and O–H groups in total. The number of aromatic nitrogens is 2. The van der Waals surface area contributed by atoms with Gasteiger partial charge in [-0.1, -0.05) is 43.7 Å². The van der Waals surface area contributed by atoms with E-state index in [1.165, 1.54) is 0 Å². The summed E-state index contributed by atoms with van der Waals surface area (Å²) in [6.45, 7) is 4.21. The predicted molar refractivity (Wildman–Crippen MR) is 82.0 cm³/mol. The minimum atomic E-state index is 0.156. The predicted octanol–water partition coefficient (Wildman–Crippen LogP) is 3.75. The molecule has 4 nitrogen and oxygen atoms in total. The van der Waals surface area contributed by atoms with Gasteiger partial charge in [-0.2, -0.15) is 4.98 Å². The van der Waals surface area contributed by atoms with Crippen molar-refractivity contribution < 1.29 is 4.74 Å². The summed E-state index contributed by atoms with van der Waals surface area (Å²) >= 11 is 0. The summed E-state index contributed by atoms with van der Waals surface area (Å²) in [5.41, 5.74) is 0.984. The van der Waals surface area contributed by atoms with Gasteiger partial charge in [-0.3, -0.25) is 0 Å². The third-order valence-electron chi connectivity index (χ3n) is 3.01. The SMILES string of the molecule is CCCC(C)Oc1cc(NC)nc(-c2ccccc2)n1. The van der Waals surface area contributed by atoms with Gasteiger partial charge in [0.15, 0.2) is 5.82 Å². The Morgan fingerprint density at radius 3 is 2.60 bits per heavy atom. The Kier molecular flexibility index (Phi) is 4.93. The van der Waals surface area contributed by atoms with Crippen molar-refractivity contribution in [2.75, 3.05) is 12.4 Å². The van der Waals surface area contributed by atoms with Crippen LogP contribution < -0.4 is 10.1 Å². The van der Waals surface area contributed by atoms with E-state index in [2.05, 4.69) is 29.1 Å². The van der Waals surface area contributed by atoms with Gasteiger partial charge in [-0.15, -0.1) is 0 Å². The molecule has 106 valence electrons. The maximum Gasteiger partial charge on any atom is 0.219 e. The molecule has 0 aliphatic carbocycles. The summed E-state index contributed by atoms with van der Waals surface area (Å²) in [5, 5.41) is 3.05. The minimum absolute atomic E-state index is 0.156. The van der Waals surface area contributed by atoms with Crippen LogP contribution in [-0.4, -0.2) is 23.1 Å². The molecule has 0 saturated carbocycles. The molecule has 1 heterocycles. The molecule has 1 aromatic heterocycles. The number of ether oxygens (including phenoxy) is 1. The van der Waals surface area contributed by atoms with Crippen molar-refractivity contribution in [1.29, 1.82) is 0 Å².